The summed E-state index contributed by atoms with van der Waals surface area (Å²) in [5.41, 5.74) is 2.87. The van der Waals surface area contributed by atoms with Gasteiger partial charge >= 0.3 is 0 Å². The van der Waals surface area contributed by atoms with E-state index in [1.54, 1.807) is 12.1 Å². The first-order valence-electron chi connectivity index (χ1n) is 5.50. The number of methoxy groups -OCH3 is 1. The van der Waals surface area contributed by atoms with E-state index in [9.17, 15) is 4.39 Å². The number of nitriles is 1. The van der Waals surface area contributed by atoms with Gasteiger partial charge in [-0.1, -0.05) is 12.1 Å². The number of benzene rings is 2. The van der Waals surface area contributed by atoms with Gasteiger partial charge < -0.3 is 4.74 Å². The lowest BCUT2D eigenvalue weighted by atomic mass is 9.99. The molecule has 0 fully saturated rings. The van der Waals surface area contributed by atoms with E-state index in [-0.39, 0.29) is 5.82 Å². The fourth-order valence-corrected chi connectivity index (χ4v) is 1.96. The van der Waals surface area contributed by atoms with Crippen LogP contribution in [0.2, 0.25) is 0 Å². The molecule has 0 aliphatic rings. The Bertz CT molecular complexity index is 629. The van der Waals surface area contributed by atoms with Crippen molar-refractivity contribution in [1.29, 1.82) is 5.26 Å². The summed E-state index contributed by atoms with van der Waals surface area (Å²) >= 11 is 0. The molecule has 0 aliphatic carbocycles. The number of rotatable bonds is 2. The molecule has 2 aromatic rings. The van der Waals surface area contributed by atoms with Gasteiger partial charge in [0.05, 0.1) is 12.7 Å². The van der Waals surface area contributed by atoms with Gasteiger partial charge in [-0.15, -0.1) is 0 Å². The molecule has 18 heavy (non-hydrogen) atoms. The molecule has 0 N–H and O–H groups in total. The van der Waals surface area contributed by atoms with E-state index in [2.05, 4.69) is 6.07 Å². The van der Waals surface area contributed by atoms with Crippen LogP contribution in [0.3, 0.4) is 0 Å². The van der Waals surface area contributed by atoms with E-state index in [0.717, 1.165) is 16.7 Å². The second kappa shape index (κ2) is 4.89. The standard InChI is InChI=1S/C15H12FNO/c1-10-6-12(7-13(9-17)15(10)18-2)11-4-3-5-14(16)8-11/h3-8H,1-2H3. The van der Waals surface area contributed by atoms with Crippen LogP contribution in [0.15, 0.2) is 36.4 Å². The van der Waals surface area contributed by atoms with Gasteiger partial charge in [0.1, 0.15) is 17.6 Å². The predicted molar refractivity (Wildman–Crippen MR) is 67.8 cm³/mol. The Balaban J connectivity index is 2.61. The second-order valence-corrected chi connectivity index (χ2v) is 4.00. The molecule has 2 aromatic carbocycles. The predicted octanol–water partition coefficient (Wildman–Crippen LogP) is 3.68. The van der Waals surface area contributed by atoms with Gasteiger partial charge in [0.25, 0.3) is 0 Å². The van der Waals surface area contributed by atoms with E-state index in [1.807, 2.05) is 19.1 Å². The van der Waals surface area contributed by atoms with E-state index >= 15 is 0 Å². The summed E-state index contributed by atoms with van der Waals surface area (Å²) in [6.45, 7) is 1.86. The maximum atomic E-state index is 13.2. The summed E-state index contributed by atoms with van der Waals surface area (Å²) in [7, 11) is 1.53. The van der Waals surface area contributed by atoms with Gasteiger partial charge in [0.2, 0.25) is 0 Å². The van der Waals surface area contributed by atoms with Gasteiger partial charge in [-0.05, 0) is 47.9 Å². The number of halogens is 1. The summed E-state index contributed by atoms with van der Waals surface area (Å²) in [4.78, 5) is 0. The average Bonchev–Trinajstić information content (AvgIpc) is 2.37. The monoisotopic (exact) mass is 241 g/mol. The lowest BCUT2D eigenvalue weighted by molar-refractivity contribution is 0.410. The summed E-state index contributed by atoms with van der Waals surface area (Å²) in [6.07, 6.45) is 0. The smallest absolute Gasteiger partial charge is 0.139 e. The van der Waals surface area contributed by atoms with Crippen LogP contribution in [0.25, 0.3) is 11.1 Å². The number of ether oxygens (including phenoxy) is 1. The second-order valence-electron chi connectivity index (χ2n) is 4.00. The van der Waals surface area contributed by atoms with Gasteiger partial charge in [-0.25, -0.2) is 4.39 Å². The van der Waals surface area contributed by atoms with Gasteiger partial charge in [0, 0.05) is 0 Å². The summed E-state index contributed by atoms with van der Waals surface area (Å²) < 4.78 is 18.4. The summed E-state index contributed by atoms with van der Waals surface area (Å²) in [5, 5.41) is 9.10. The highest BCUT2D eigenvalue weighted by molar-refractivity contribution is 5.69. The zero-order chi connectivity index (χ0) is 13.1. The molecule has 0 saturated carbocycles. The van der Waals surface area contributed by atoms with E-state index in [1.165, 1.54) is 19.2 Å². The molecular weight excluding hydrogens is 229 g/mol. The molecule has 0 atom stereocenters. The minimum atomic E-state index is -0.292. The highest BCUT2D eigenvalue weighted by Crippen LogP contribution is 2.30. The highest BCUT2D eigenvalue weighted by Gasteiger charge is 2.09. The Morgan fingerprint density at radius 2 is 1.94 bits per heavy atom. The Hall–Kier alpha value is -2.34. The van der Waals surface area contributed by atoms with Crippen LogP contribution in [0.4, 0.5) is 4.39 Å². The van der Waals surface area contributed by atoms with Crippen LogP contribution in [-0.2, 0) is 0 Å². The van der Waals surface area contributed by atoms with Crippen molar-refractivity contribution in [1.82, 2.24) is 0 Å². The fraction of sp³-hybridized carbons (Fsp3) is 0.133. The molecule has 0 unspecified atom stereocenters. The normalized spacial score (nSPS) is 9.89. The SMILES string of the molecule is COc1c(C)cc(-c2cccc(F)c2)cc1C#N. The summed E-state index contributed by atoms with van der Waals surface area (Å²) in [6, 6.07) is 12.0. The third-order valence-corrected chi connectivity index (χ3v) is 2.76. The topological polar surface area (TPSA) is 33.0 Å². The van der Waals surface area contributed by atoms with Crippen molar-refractivity contribution >= 4 is 0 Å². The number of hydrogen-bond donors (Lipinski definition) is 0. The minimum Gasteiger partial charge on any atom is -0.495 e. The van der Waals surface area contributed by atoms with E-state index in [4.69, 9.17) is 10.00 Å². The molecule has 0 aromatic heterocycles. The molecule has 3 heteroatoms. The molecule has 0 heterocycles. The van der Waals surface area contributed by atoms with Crippen LogP contribution < -0.4 is 4.74 Å². The summed E-state index contributed by atoms with van der Waals surface area (Å²) in [5.74, 6) is 0.275. The van der Waals surface area contributed by atoms with Crippen LogP contribution in [0.1, 0.15) is 11.1 Å². The fourth-order valence-electron chi connectivity index (χ4n) is 1.96. The molecule has 90 valence electrons. The minimum absolute atomic E-state index is 0.292. The number of nitrogens with zero attached hydrogens (tertiary/aromatic N) is 1. The molecule has 0 radical (unpaired) electrons. The zero-order valence-electron chi connectivity index (χ0n) is 10.2. The van der Waals surface area contributed by atoms with Crippen molar-refractivity contribution in [3.63, 3.8) is 0 Å². The highest BCUT2D eigenvalue weighted by atomic mass is 19.1. The van der Waals surface area contributed by atoms with Crippen molar-refractivity contribution < 1.29 is 9.13 Å². The van der Waals surface area contributed by atoms with Gasteiger partial charge in [-0.3, -0.25) is 0 Å². The number of hydrogen-bond acceptors (Lipinski definition) is 2. The van der Waals surface area contributed by atoms with E-state index in [0.29, 0.717) is 11.3 Å². The Labute approximate surface area is 105 Å². The first-order chi connectivity index (χ1) is 8.65. The molecule has 0 spiro atoms. The molecule has 2 nitrogen and oxygen atoms in total. The van der Waals surface area contributed by atoms with Crippen LogP contribution in [0, 0.1) is 24.1 Å². The average molecular weight is 241 g/mol. The van der Waals surface area contributed by atoms with Crippen molar-refractivity contribution in [2.45, 2.75) is 6.92 Å². The Morgan fingerprint density at radius 3 is 2.56 bits per heavy atom. The van der Waals surface area contributed by atoms with Crippen molar-refractivity contribution in [3.8, 4) is 22.9 Å². The van der Waals surface area contributed by atoms with Crippen molar-refractivity contribution in [2.75, 3.05) is 7.11 Å². The largest absolute Gasteiger partial charge is 0.495 e. The molecule has 0 bridgehead atoms. The lowest BCUT2D eigenvalue weighted by Gasteiger charge is -2.10. The third kappa shape index (κ3) is 2.18. The zero-order valence-corrected chi connectivity index (χ0v) is 10.2. The molecule has 0 amide bonds. The molecule has 0 saturated heterocycles. The quantitative estimate of drug-likeness (QED) is 0.803. The Morgan fingerprint density at radius 1 is 1.17 bits per heavy atom. The van der Waals surface area contributed by atoms with Crippen molar-refractivity contribution in [3.05, 3.63) is 53.3 Å². The van der Waals surface area contributed by atoms with Gasteiger partial charge in [0.15, 0.2) is 0 Å². The van der Waals surface area contributed by atoms with Gasteiger partial charge in [-0.2, -0.15) is 5.26 Å². The maximum Gasteiger partial charge on any atom is 0.139 e. The van der Waals surface area contributed by atoms with Crippen LogP contribution in [0.5, 0.6) is 5.75 Å². The van der Waals surface area contributed by atoms with E-state index < -0.39 is 0 Å². The first kappa shape index (κ1) is 12.1. The first-order valence-corrected chi connectivity index (χ1v) is 5.50. The van der Waals surface area contributed by atoms with Crippen molar-refractivity contribution in [2.24, 2.45) is 0 Å². The maximum absolute atomic E-state index is 13.2. The van der Waals surface area contributed by atoms with Crippen LogP contribution >= 0.6 is 0 Å². The molecular formula is C15H12FNO. The number of aryl methyl sites for hydroxylation is 1. The third-order valence-electron chi connectivity index (χ3n) is 2.76. The molecule has 0 aliphatic heterocycles. The molecule has 2 rings (SSSR count). The van der Waals surface area contributed by atoms with Crippen LogP contribution in [-0.4, -0.2) is 7.11 Å². The lowest BCUT2D eigenvalue weighted by Crippen LogP contribution is -1.93. The Kier molecular flexibility index (Phi) is 3.29.